The van der Waals surface area contributed by atoms with E-state index in [0.29, 0.717) is 38.0 Å². The monoisotopic (exact) mass is 580 g/mol. The van der Waals surface area contributed by atoms with Gasteiger partial charge in [0, 0.05) is 44.2 Å². The molecular weight excluding hydrogens is 555 g/mol. The third kappa shape index (κ3) is 4.82. The maximum Gasteiger partial charge on any atom is 0.258 e. The van der Waals surface area contributed by atoms with Gasteiger partial charge in [0.05, 0.1) is 16.8 Å². The second kappa shape index (κ2) is 10.6. The van der Waals surface area contributed by atoms with Crippen molar-refractivity contribution in [3.63, 3.8) is 0 Å². The van der Waals surface area contributed by atoms with Crippen LogP contribution in [0.15, 0.2) is 40.6 Å². The number of ether oxygens (including phenoxy) is 1. The summed E-state index contributed by atoms with van der Waals surface area (Å²) >= 11 is 12.9. The topological polar surface area (TPSA) is 84.0 Å². The molecule has 0 aliphatic carbocycles. The van der Waals surface area contributed by atoms with E-state index in [4.69, 9.17) is 27.9 Å². The van der Waals surface area contributed by atoms with Gasteiger partial charge in [-0.15, -0.1) is 11.3 Å². The van der Waals surface area contributed by atoms with Crippen molar-refractivity contribution in [1.82, 2.24) is 4.31 Å². The number of thiophene rings is 1. The number of sulfonamides is 1. The number of carbonyl (C=O) groups is 2. The summed E-state index contributed by atoms with van der Waals surface area (Å²) < 4.78 is 33.5. The minimum atomic E-state index is -3.92. The summed E-state index contributed by atoms with van der Waals surface area (Å²) in [7, 11) is -2.29. The molecule has 1 fully saturated rings. The van der Waals surface area contributed by atoms with Crippen LogP contribution in [0.25, 0.3) is 10.8 Å². The lowest BCUT2D eigenvalue weighted by atomic mass is 9.93. The molecule has 1 aromatic heterocycles. The molecule has 2 aliphatic rings. The molecule has 0 bridgehead atoms. The lowest BCUT2D eigenvalue weighted by Crippen LogP contribution is -2.48. The summed E-state index contributed by atoms with van der Waals surface area (Å²) in [6.07, 6.45) is 2.68. The Morgan fingerprint density at radius 3 is 2.73 bits per heavy atom. The SMILES string of the molecule is COCCCN1C(=O)c2cccc3c(CC(=O)C4CCCCN4S(=O)(=O)c4cc(Cl)c(Cl)s4)ccc1c23. The van der Waals surface area contributed by atoms with Crippen LogP contribution in [-0.2, 0) is 26.0 Å². The molecule has 1 amide bonds. The Morgan fingerprint density at radius 2 is 2.00 bits per heavy atom. The highest BCUT2D eigenvalue weighted by atomic mass is 35.5. The molecule has 3 aromatic rings. The van der Waals surface area contributed by atoms with Crippen LogP contribution in [0.4, 0.5) is 5.69 Å². The molecule has 3 heterocycles. The van der Waals surface area contributed by atoms with Crippen LogP contribution < -0.4 is 4.90 Å². The average Bonchev–Trinajstić information content (AvgIpc) is 3.38. The van der Waals surface area contributed by atoms with E-state index in [1.807, 2.05) is 30.3 Å². The summed E-state index contributed by atoms with van der Waals surface area (Å²) in [5.41, 5.74) is 2.23. The van der Waals surface area contributed by atoms with Crippen molar-refractivity contribution in [3.8, 4) is 0 Å². The Balaban J connectivity index is 1.44. The number of hydrogen-bond donors (Lipinski definition) is 0. The number of amides is 1. The number of rotatable bonds is 9. The molecule has 7 nitrogen and oxygen atoms in total. The van der Waals surface area contributed by atoms with Gasteiger partial charge in [0.1, 0.15) is 8.55 Å². The summed E-state index contributed by atoms with van der Waals surface area (Å²) in [5, 5.41) is 1.86. The molecule has 1 atom stereocenters. The minimum Gasteiger partial charge on any atom is -0.385 e. The summed E-state index contributed by atoms with van der Waals surface area (Å²) in [5.74, 6) is -0.225. The highest BCUT2D eigenvalue weighted by Crippen LogP contribution is 2.40. The highest BCUT2D eigenvalue weighted by Gasteiger charge is 2.39. The number of Topliss-reactive ketones (excluding diaryl/α,β-unsaturated/α-hetero) is 1. The summed E-state index contributed by atoms with van der Waals surface area (Å²) in [6.45, 7) is 1.36. The molecule has 11 heteroatoms. The van der Waals surface area contributed by atoms with E-state index in [-0.39, 0.29) is 38.2 Å². The second-order valence-electron chi connectivity index (χ2n) is 9.23. The van der Waals surface area contributed by atoms with Gasteiger partial charge in [-0.05, 0) is 48.4 Å². The van der Waals surface area contributed by atoms with Crippen molar-refractivity contribution in [2.24, 2.45) is 0 Å². The first-order valence-electron chi connectivity index (χ1n) is 12.1. The number of hydrogen-bond acceptors (Lipinski definition) is 6. The van der Waals surface area contributed by atoms with E-state index < -0.39 is 16.1 Å². The van der Waals surface area contributed by atoms with Gasteiger partial charge in [0.15, 0.2) is 5.78 Å². The Morgan fingerprint density at radius 1 is 1.19 bits per heavy atom. The molecule has 2 aliphatic heterocycles. The second-order valence-corrected chi connectivity index (χ2v) is 13.4. The Kier molecular flexibility index (Phi) is 7.64. The number of piperidine rings is 1. The van der Waals surface area contributed by atoms with Gasteiger partial charge in [-0.3, -0.25) is 9.59 Å². The van der Waals surface area contributed by atoms with E-state index in [9.17, 15) is 18.0 Å². The standard InChI is InChI=1S/C26H26Cl2N2O5S2/c1-35-13-5-11-29-21-10-9-16(17-6-4-7-18(24(17)21)26(29)32)14-22(31)20-8-2-3-12-30(20)37(33,34)23-15-19(27)25(28)36-23/h4,6-7,9-10,15,20H,2-3,5,8,11-14H2,1H3. The number of carbonyl (C=O) groups excluding carboxylic acids is 2. The fourth-order valence-electron chi connectivity index (χ4n) is 5.24. The predicted octanol–water partition coefficient (Wildman–Crippen LogP) is 5.56. The van der Waals surface area contributed by atoms with Crippen molar-refractivity contribution < 1.29 is 22.7 Å². The maximum absolute atomic E-state index is 13.6. The molecular formula is C26H26Cl2N2O5S2. The normalized spacial score (nSPS) is 18.2. The molecule has 5 rings (SSSR count). The summed E-state index contributed by atoms with van der Waals surface area (Å²) in [6, 6.07) is 9.89. The number of methoxy groups -OCH3 is 1. The first-order valence-corrected chi connectivity index (χ1v) is 15.1. The van der Waals surface area contributed by atoms with Crippen molar-refractivity contribution >= 4 is 72.7 Å². The van der Waals surface area contributed by atoms with Crippen LogP contribution in [0.2, 0.25) is 9.36 Å². The van der Waals surface area contributed by atoms with Gasteiger partial charge >= 0.3 is 0 Å². The number of halogens is 2. The Labute approximate surface area is 230 Å². The lowest BCUT2D eigenvalue weighted by Gasteiger charge is -2.33. The first kappa shape index (κ1) is 26.6. The number of anilines is 1. The van der Waals surface area contributed by atoms with Crippen LogP contribution in [0.3, 0.4) is 0 Å². The van der Waals surface area contributed by atoms with E-state index in [0.717, 1.165) is 39.8 Å². The number of ketones is 1. The largest absolute Gasteiger partial charge is 0.385 e. The third-order valence-corrected chi connectivity index (χ3v) is 11.2. The number of nitrogens with zero attached hydrogens (tertiary/aromatic N) is 2. The van der Waals surface area contributed by atoms with Gasteiger partial charge in [0.2, 0.25) is 0 Å². The molecule has 1 saturated heterocycles. The van der Waals surface area contributed by atoms with Gasteiger partial charge in [-0.2, -0.15) is 4.31 Å². The zero-order valence-electron chi connectivity index (χ0n) is 20.2. The molecule has 0 N–H and O–H groups in total. The van der Waals surface area contributed by atoms with Crippen molar-refractivity contribution in [2.45, 2.75) is 42.4 Å². The molecule has 2 aromatic carbocycles. The Hall–Kier alpha value is -2.01. The molecule has 0 spiro atoms. The Bertz CT molecular complexity index is 1470. The van der Waals surface area contributed by atoms with Crippen molar-refractivity contribution in [1.29, 1.82) is 0 Å². The zero-order valence-corrected chi connectivity index (χ0v) is 23.4. The third-order valence-electron chi connectivity index (χ3n) is 6.98. The van der Waals surface area contributed by atoms with Gasteiger partial charge in [0.25, 0.3) is 15.9 Å². The quantitative estimate of drug-likeness (QED) is 0.309. The van der Waals surface area contributed by atoms with Crippen LogP contribution in [0.5, 0.6) is 0 Å². The van der Waals surface area contributed by atoms with E-state index in [1.54, 1.807) is 12.0 Å². The summed E-state index contributed by atoms with van der Waals surface area (Å²) in [4.78, 5) is 28.5. The molecule has 1 unspecified atom stereocenters. The lowest BCUT2D eigenvalue weighted by molar-refractivity contribution is -0.122. The smallest absolute Gasteiger partial charge is 0.258 e. The van der Waals surface area contributed by atoms with Gasteiger partial charge < -0.3 is 9.64 Å². The first-order chi connectivity index (χ1) is 17.7. The van der Waals surface area contributed by atoms with E-state index >= 15 is 0 Å². The molecule has 37 heavy (non-hydrogen) atoms. The van der Waals surface area contributed by atoms with Crippen LogP contribution in [0, 0.1) is 0 Å². The molecule has 0 radical (unpaired) electrons. The highest BCUT2D eigenvalue weighted by molar-refractivity contribution is 7.91. The zero-order chi connectivity index (χ0) is 26.3. The van der Waals surface area contributed by atoms with Crippen LogP contribution >= 0.6 is 34.5 Å². The molecule has 196 valence electrons. The van der Waals surface area contributed by atoms with Gasteiger partial charge in [-0.1, -0.05) is 47.8 Å². The van der Waals surface area contributed by atoms with E-state index in [2.05, 4.69) is 0 Å². The van der Waals surface area contributed by atoms with Crippen LogP contribution in [0.1, 0.15) is 41.6 Å². The van der Waals surface area contributed by atoms with Crippen molar-refractivity contribution in [2.75, 3.05) is 31.7 Å². The fraction of sp³-hybridized carbons (Fsp3) is 0.385. The average molecular weight is 582 g/mol. The van der Waals surface area contributed by atoms with Crippen LogP contribution in [-0.4, -0.2) is 57.3 Å². The molecule has 0 saturated carbocycles. The minimum absolute atomic E-state index is 0.0413. The predicted molar refractivity (Wildman–Crippen MR) is 147 cm³/mol. The maximum atomic E-state index is 13.6. The number of benzene rings is 2. The van der Waals surface area contributed by atoms with Gasteiger partial charge in [-0.25, -0.2) is 8.42 Å². The van der Waals surface area contributed by atoms with E-state index in [1.165, 1.54) is 10.4 Å². The fourth-order valence-corrected chi connectivity index (χ4v) is 8.93. The van der Waals surface area contributed by atoms with Crippen molar-refractivity contribution in [3.05, 3.63) is 56.9 Å².